The van der Waals surface area contributed by atoms with Gasteiger partial charge in [0.25, 0.3) is 30.4 Å². The Morgan fingerprint density at radius 1 is 0.765 bits per heavy atom. The fourth-order valence-corrected chi connectivity index (χ4v) is 12.9. The Balaban J connectivity index is 1.35. The van der Waals surface area contributed by atoms with Crippen molar-refractivity contribution < 1.29 is 66.5 Å². The molecule has 0 fully saturated rings. The maximum Gasteiger partial charge on any atom is 0.294 e. The first-order valence-electron chi connectivity index (χ1n) is 21.7. The first kappa shape index (κ1) is 51.6. The summed E-state index contributed by atoms with van der Waals surface area (Å²) in [5.74, 6) is 0. The average molecular weight is 1030 g/mol. The van der Waals surface area contributed by atoms with Crippen molar-refractivity contribution in [1.82, 2.24) is 0 Å². The van der Waals surface area contributed by atoms with Crippen molar-refractivity contribution in [2.24, 2.45) is 0 Å². The van der Waals surface area contributed by atoms with E-state index in [1.807, 2.05) is 85.7 Å². The van der Waals surface area contributed by atoms with Gasteiger partial charge in [-0.1, -0.05) is 49.2 Å². The number of nitrogens with zero attached hydrogens (tertiary/aromatic N) is 2. The van der Waals surface area contributed by atoms with Gasteiger partial charge in [0.15, 0.2) is 22.1 Å². The molecule has 4 aromatic carbocycles. The fraction of sp³-hybridized carbons (Fsp3) is 0.383. The van der Waals surface area contributed by atoms with Crippen molar-refractivity contribution in [2.45, 2.75) is 105 Å². The number of hydrogen-bond donors (Lipinski definition) is 4. The number of hydrogen-bond acceptors (Lipinski definition) is 13. The van der Waals surface area contributed by atoms with Crippen LogP contribution in [-0.4, -0.2) is 92.7 Å². The summed E-state index contributed by atoms with van der Waals surface area (Å²) in [5, 5.41) is 13.3. The number of fused-ring (bicyclic) bond motifs is 6. The Bertz CT molecular complexity index is 3350. The third kappa shape index (κ3) is 10.2. The second kappa shape index (κ2) is 18.8. The van der Waals surface area contributed by atoms with Crippen molar-refractivity contribution in [3.8, 4) is 0 Å². The van der Waals surface area contributed by atoms with Gasteiger partial charge in [-0.2, -0.15) is 29.8 Å². The monoisotopic (exact) mass is 1030 g/mol. The molecule has 7 rings (SSSR count). The van der Waals surface area contributed by atoms with Crippen molar-refractivity contribution in [3.63, 3.8) is 0 Å². The topological polar surface area (TPSA) is 242 Å². The minimum atomic E-state index is -4.50. The molecule has 0 spiro atoms. The van der Waals surface area contributed by atoms with Gasteiger partial charge in [-0.25, -0.2) is 13.7 Å². The van der Waals surface area contributed by atoms with E-state index in [0.717, 1.165) is 51.6 Å². The summed E-state index contributed by atoms with van der Waals surface area (Å²) in [4.78, 5) is 2.55. The van der Waals surface area contributed by atoms with Gasteiger partial charge < -0.3 is 4.90 Å². The summed E-state index contributed by atoms with van der Waals surface area (Å²) in [6, 6.07) is 17.3. The van der Waals surface area contributed by atoms with Crippen LogP contribution in [0.3, 0.4) is 0 Å². The molecule has 21 heteroatoms. The number of anilines is 1. The Labute approximate surface area is 402 Å². The smallest absolute Gasteiger partial charge is 0.294 e. The molecule has 4 N–H and O–H groups in total. The third-order valence-electron chi connectivity index (χ3n) is 13.4. The summed E-state index contributed by atoms with van der Waals surface area (Å²) in [7, 11) is -17.1. The standard InChI is InChI=1S/C47H54N2O14S5/c1-29(66(53,54)55)23-25-48-39-19-11-33-27-35(64-63-62-50)15-17-37(33)43(39)46(3,4)41(48)21-13-31-9-8-10-32(45(31)65(7,51)52)14-22-42-47(5,6)44-38-18-16-36(68(59,60)61)28-34(38)12-20-40(44)49(42)26-24-30(2)67(56,57)58/h11-22,27-30H,8-10,23-26H2,1-7H3,(H3-,50,53,54,55,56,57,58,59,60,61)/p+1. The van der Waals surface area contributed by atoms with Crippen LogP contribution in [0.25, 0.3) is 21.5 Å². The van der Waals surface area contributed by atoms with E-state index in [1.165, 1.54) is 26.0 Å². The Morgan fingerprint density at radius 3 is 2.04 bits per heavy atom. The average Bonchev–Trinajstić information content (AvgIpc) is 3.60. The maximum absolute atomic E-state index is 13.9. The first-order valence-corrected chi connectivity index (χ1v) is 28.8. The molecule has 0 saturated heterocycles. The van der Waals surface area contributed by atoms with Gasteiger partial charge in [0, 0.05) is 58.6 Å². The van der Waals surface area contributed by atoms with Crippen molar-refractivity contribution in [1.29, 1.82) is 0 Å². The van der Waals surface area contributed by atoms with Crippen molar-refractivity contribution in [3.05, 3.63) is 118 Å². The molecule has 0 aromatic heterocycles. The SMILES string of the molecule is CC(CCN1/C(=C/C=C2\CCCC(/C=C/C3=[N+](CCC(C)S(=O)(=O)O)c4ccc5cc(S(=O)(=O)O)ccc5c4C3(C)C)=C2S(C)(=O)=O)C(C)(C)c2c1ccc1cc(SOOO)ccc21)S(=O)(=O)O. The maximum atomic E-state index is 13.9. The molecular weight excluding hydrogens is 977 g/mol. The number of rotatable bonds is 16. The van der Waals surface area contributed by atoms with Crippen molar-refractivity contribution >= 4 is 90.9 Å². The molecule has 2 heterocycles. The summed E-state index contributed by atoms with van der Waals surface area (Å²) >= 11 is 0.826. The first-order chi connectivity index (χ1) is 31.6. The highest BCUT2D eigenvalue weighted by atomic mass is 32.2. The lowest BCUT2D eigenvalue weighted by Crippen LogP contribution is -2.30. The zero-order valence-electron chi connectivity index (χ0n) is 38.5. The van der Waals surface area contributed by atoms with Crippen LogP contribution < -0.4 is 4.90 Å². The van der Waals surface area contributed by atoms with Crippen LogP contribution in [0, 0.1) is 0 Å². The van der Waals surface area contributed by atoms with E-state index in [1.54, 1.807) is 24.3 Å². The second-order valence-corrected chi connectivity index (χ2v) is 26.4. The molecule has 0 radical (unpaired) electrons. The van der Waals surface area contributed by atoms with E-state index >= 15 is 0 Å². The van der Waals surface area contributed by atoms with Crippen LogP contribution >= 0.6 is 12.0 Å². The molecule has 2 atom stereocenters. The van der Waals surface area contributed by atoms with Gasteiger partial charge >= 0.3 is 0 Å². The predicted molar refractivity (Wildman–Crippen MR) is 264 cm³/mol. The van der Waals surface area contributed by atoms with Gasteiger partial charge in [0.05, 0.1) is 37.8 Å². The van der Waals surface area contributed by atoms with Gasteiger partial charge in [0.1, 0.15) is 0 Å². The molecule has 1 aliphatic carbocycles. The van der Waals surface area contributed by atoms with Crippen LogP contribution in [0.15, 0.2) is 117 Å². The molecule has 4 aromatic rings. The van der Waals surface area contributed by atoms with E-state index in [-0.39, 0.29) is 35.7 Å². The van der Waals surface area contributed by atoms with Gasteiger partial charge in [-0.3, -0.25) is 13.7 Å². The zero-order valence-corrected chi connectivity index (χ0v) is 42.6. The van der Waals surface area contributed by atoms with E-state index in [2.05, 4.69) is 9.37 Å². The summed E-state index contributed by atoms with van der Waals surface area (Å²) < 4.78 is 137. The molecule has 0 saturated carbocycles. The quantitative estimate of drug-likeness (QED) is 0.0269. The highest BCUT2D eigenvalue weighted by molar-refractivity contribution is 7.95. The van der Waals surface area contributed by atoms with Gasteiger partial charge in [-0.05, 0) is 134 Å². The molecular formula is C47H55N2O14S5+. The minimum absolute atomic E-state index is 0.0428. The van der Waals surface area contributed by atoms with Crippen LogP contribution in [0.1, 0.15) is 84.8 Å². The molecule has 366 valence electrons. The van der Waals surface area contributed by atoms with Crippen LogP contribution in [0.4, 0.5) is 11.4 Å². The van der Waals surface area contributed by atoms with Gasteiger partial charge in [-0.15, -0.1) is 4.33 Å². The van der Waals surface area contributed by atoms with E-state index in [4.69, 9.17) is 5.26 Å². The predicted octanol–water partition coefficient (Wildman–Crippen LogP) is 9.02. The number of allylic oxidation sites excluding steroid dienone is 7. The number of benzene rings is 4. The lowest BCUT2D eigenvalue weighted by atomic mass is 9.78. The molecule has 2 aliphatic heterocycles. The molecule has 2 unspecified atom stereocenters. The largest absolute Gasteiger partial charge is 0.344 e. The second-order valence-electron chi connectivity index (χ2n) is 18.6. The molecule has 0 bridgehead atoms. The normalized spacial score (nSPS) is 19.8. The number of sulfone groups is 1. The van der Waals surface area contributed by atoms with Crippen LogP contribution in [0.2, 0.25) is 0 Å². The molecule has 16 nitrogen and oxygen atoms in total. The highest BCUT2D eigenvalue weighted by Gasteiger charge is 2.46. The van der Waals surface area contributed by atoms with Crippen molar-refractivity contribution in [2.75, 3.05) is 24.2 Å². The van der Waals surface area contributed by atoms with Gasteiger partial charge in [0.2, 0.25) is 5.69 Å². The highest BCUT2D eigenvalue weighted by Crippen LogP contribution is 2.52. The summed E-state index contributed by atoms with van der Waals surface area (Å²) in [5.41, 5.74) is 4.37. The van der Waals surface area contributed by atoms with Crippen LogP contribution in [-0.2, 0) is 60.4 Å². The lowest BCUT2D eigenvalue weighted by Gasteiger charge is -2.28. The Hall–Kier alpha value is -4.26. The lowest BCUT2D eigenvalue weighted by molar-refractivity contribution is -0.438. The molecule has 68 heavy (non-hydrogen) atoms. The molecule has 0 amide bonds. The summed E-state index contributed by atoms with van der Waals surface area (Å²) in [6.45, 7) is 11.2. The van der Waals surface area contributed by atoms with Crippen LogP contribution in [0.5, 0.6) is 0 Å². The zero-order chi connectivity index (χ0) is 49.9. The van der Waals surface area contributed by atoms with E-state index in [9.17, 15) is 47.3 Å². The Morgan fingerprint density at radius 2 is 1.40 bits per heavy atom. The summed E-state index contributed by atoms with van der Waals surface area (Å²) in [6.07, 6.45) is 10.1. The molecule has 3 aliphatic rings. The van der Waals surface area contributed by atoms with E-state index in [0.29, 0.717) is 57.5 Å². The van der Waals surface area contributed by atoms with E-state index < -0.39 is 61.5 Å². The minimum Gasteiger partial charge on any atom is -0.344 e. The Kier molecular flexibility index (Phi) is 14.3. The fourth-order valence-electron chi connectivity index (χ4n) is 9.87. The third-order valence-corrected chi connectivity index (χ3v) is 18.6.